The number of rotatable bonds is 8. The molecule has 0 aromatic carbocycles. The molecule has 0 saturated heterocycles. The van der Waals surface area contributed by atoms with Crippen molar-refractivity contribution in [3.8, 4) is 0 Å². The predicted octanol–water partition coefficient (Wildman–Crippen LogP) is 0.302. The summed E-state index contributed by atoms with van der Waals surface area (Å²) in [6, 6.07) is 0. The van der Waals surface area contributed by atoms with Gasteiger partial charge in [-0.1, -0.05) is 6.58 Å². The summed E-state index contributed by atoms with van der Waals surface area (Å²) >= 11 is 0. The Bertz CT molecular complexity index is 360. The second-order valence-electron chi connectivity index (χ2n) is 5.24. The van der Waals surface area contributed by atoms with Gasteiger partial charge in [0, 0.05) is 0 Å². The number of hydrogen-bond acceptors (Lipinski definition) is 6. The Balaban J connectivity index is 2.26. The first kappa shape index (κ1) is 17.5. The van der Waals surface area contributed by atoms with Gasteiger partial charge >= 0.3 is 11.9 Å². The average Bonchev–Trinajstić information content (AvgIpc) is 2.49. The van der Waals surface area contributed by atoms with Crippen LogP contribution in [0.25, 0.3) is 0 Å². The van der Waals surface area contributed by atoms with E-state index in [9.17, 15) is 14.7 Å². The summed E-state index contributed by atoms with van der Waals surface area (Å²) in [7, 11) is 0. The molecule has 1 aliphatic carbocycles. The van der Waals surface area contributed by atoms with Crippen molar-refractivity contribution in [3.05, 3.63) is 12.8 Å². The highest BCUT2D eigenvalue weighted by Crippen LogP contribution is 2.29. The lowest BCUT2D eigenvalue weighted by Gasteiger charge is -2.28. The summed E-state index contributed by atoms with van der Waals surface area (Å²) in [6.07, 6.45) is 0.853. The van der Waals surface area contributed by atoms with Gasteiger partial charge in [-0.15, -0.1) is 0 Å². The molecule has 0 bridgehead atoms. The van der Waals surface area contributed by atoms with Gasteiger partial charge in [0.05, 0.1) is 19.5 Å². The predicted molar refractivity (Wildman–Crippen MR) is 72.2 cm³/mol. The summed E-state index contributed by atoms with van der Waals surface area (Å²) in [5.74, 6) is -2.12. The van der Waals surface area contributed by atoms with Crippen molar-refractivity contribution in [2.45, 2.75) is 37.9 Å². The molecular formula is C14H22O7. The second-order valence-corrected chi connectivity index (χ2v) is 5.24. The first-order valence-electron chi connectivity index (χ1n) is 6.93. The van der Waals surface area contributed by atoms with Gasteiger partial charge in [-0.2, -0.15) is 0 Å². The van der Waals surface area contributed by atoms with Crippen LogP contribution in [0, 0.1) is 11.8 Å². The molecule has 0 amide bonds. The van der Waals surface area contributed by atoms with Gasteiger partial charge in [0.1, 0.15) is 0 Å². The van der Waals surface area contributed by atoms with Crippen LogP contribution in [0.2, 0.25) is 0 Å². The van der Waals surface area contributed by atoms with E-state index in [1.165, 1.54) is 6.26 Å². The molecule has 0 heterocycles. The van der Waals surface area contributed by atoms with Gasteiger partial charge in [-0.25, -0.2) is 9.59 Å². The summed E-state index contributed by atoms with van der Waals surface area (Å²) in [5, 5.41) is 26.8. The fourth-order valence-electron chi connectivity index (χ4n) is 2.32. The van der Waals surface area contributed by atoms with Crippen molar-refractivity contribution in [2.24, 2.45) is 11.8 Å². The Morgan fingerprint density at radius 2 is 1.62 bits per heavy atom. The van der Waals surface area contributed by atoms with E-state index >= 15 is 0 Å². The van der Waals surface area contributed by atoms with Gasteiger partial charge in [-0.05, 0) is 37.5 Å². The Labute approximate surface area is 123 Å². The van der Waals surface area contributed by atoms with Crippen LogP contribution in [0.4, 0.5) is 0 Å². The molecule has 0 spiro atoms. The second kappa shape index (κ2) is 8.63. The van der Waals surface area contributed by atoms with Crippen LogP contribution in [0.3, 0.4) is 0 Å². The van der Waals surface area contributed by atoms with Crippen LogP contribution in [-0.2, 0) is 19.1 Å². The number of hydrogen-bond donors (Lipinski definition) is 3. The smallest absolute Gasteiger partial charge is 0.338 e. The van der Waals surface area contributed by atoms with E-state index in [0.717, 1.165) is 25.7 Å². The topological polar surface area (TPSA) is 113 Å². The van der Waals surface area contributed by atoms with E-state index in [1.54, 1.807) is 0 Å². The Hall–Kier alpha value is -1.60. The van der Waals surface area contributed by atoms with Gasteiger partial charge in [0.2, 0.25) is 0 Å². The number of carboxylic acids is 1. The highest BCUT2D eigenvalue weighted by molar-refractivity contribution is 5.84. The van der Waals surface area contributed by atoms with Crippen LogP contribution in [-0.4, -0.2) is 52.7 Å². The molecule has 0 aliphatic heterocycles. The summed E-state index contributed by atoms with van der Waals surface area (Å²) < 4.78 is 10.0. The molecule has 0 radical (unpaired) electrons. The van der Waals surface area contributed by atoms with Crippen molar-refractivity contribution in [3.63, 3.8) is 0 Å². The fraction of sp³-hybridized carbons (Fsp3) is 0.714. The quantitative estimate of drug-likeness (QED) is 0.436. The van der Waals surface area contributed by atoms with E-state index in [2.05, 4.69) is 6.58 Å². The largest absolute Gasteiger partial charge is 0.502 e. The Morgan fingerprint density at radius 3 is 2.10 bits per heavy atom. The van der Waals surface area contributed by atoms with Crippen LogP contribution in [0.1, 0.15) is 25.7 Å². The SMILES string of the molecule is C=COCC1CCC(COC(=O)C(O)C(O)C(=O)O)CC1. The van der Waals surface area contributed by atoms with Crippen molar-refractivity contribution in [1.82, 2.24) is 0 Å². The molecular weight excluding hydrogens is 280 g/mol. The third kappa shape index (κ3) is 5.73. The lowest BCUT2D eigenvalue weighted by molar-refractivity contribution is -0.170. The molecule has 1 fully saturated rings. The van der Waals surface area contributed by atoms with Crippen LogP contribution >= 0.6 is 0 Å². The van der Waals surface area contributed by atoms with Crippen LogP contribution < -0.4 is 0 Å². The Kier molecular flexibility index (Phi) is 7.18. The van der Waals surface area contributed by atoms with E-state index in [4.69, 9.17) is 19.7 Å². The van der Waals surface area contributed by atoms with E-state index in [0.29, 0.717) is 12.5 Å². The molecule has 21 heavy (non-hydrogen) atoms. The molecule has 2 atom stereocenters. The molecule has 1 aliphatic rings. The summed E-state index contributed by atoms with van der Waals surface area (Å²) in [4.78, 5) is 21.8. The first-order chi connectivity index (χ1) is 9.95. The number of ether oxygens (including phenoxy) is 2. The minimum Gasteiger partial charge on any atom is -0.502 e. The fourth-order valence-corrected chi connectivity index (χ4v) is 2.32. The molecule has 3 N–H and O–H groups in total. The van der Waals surface area contributed by atoms with Gasteiger partial charge < -0.3 is 24.8 Å². The molecule has 7 heteroatoms. The number of esters is 1. The summed E-state index contributed by atoms with van der Waals surface area (Å²) in [6.45, 7) is 4.25. The van der Waals surface area contributed by atoms with Crippen molar-refractivity contribution >= 4 is 11.9 Å². The minimum atomic E-state index is -2.16. The lowest BCUT2D eigenvalue weighted by atomic mass is 9.83. The lowest BCUT2D eigenvalue weighted by Crippen LogP contribution is -2.41. The zero-order valence-corrected chi connectivity index (χ0v) is 11.8. The minimum absolute atomic E-state index is 0.122. The maximum absolute atomic E-state index is 11.4. The Morgan fingerprint density at radius 1 is 1.10 bits per heavy atom. The van der Waals surface area contributed by atoms with E-state index in [1.807, 2.05) is 0 Å². The molecule has 7 nitrogen and oxygen atoms in total. The standard InChI is InChI=1S/C14H22O7/c1-2-20-7-9-3-5-10(6-4-9)8-21-14(19)12(16)11(15)13(17)18/h2,9-12,15-16H,1,3-8H2,(H,17,18). The number of aliphatic carboxylic acids is 1. The number of carbonyl (C=O) groups is 2. The van der Waals surface area contributed by atoms with Gasteiger partial charge in [-0.3, -0.25) is 0 Å². The van der Waals surface area contributed by atoms with Crippen LogP contribution in [0.15, 0.2) is 12.8 Å². The van der Waals surface area contributed by atoms with Crippen molar-refractivity contribution in [2.75, 3.05) is 13.2 Å². The highest BCUT2D eigenvalue weighted by atomic mass is 16.6. The van der Waals surface area contributed by atoms with E-state index < -0.39 is 24.1 Å². The molecule has 0 aromatic rings. The number of aliphatic hydroxyl groups is 2. The molecule has 0 aromatic heterocycles. The zero-order chi connectivity index (χ0) is 15.8. The maximum Gasteiger partial charge on any atom is 0.338 e. The molecule has 1 rings (SSSR count). The van der Waals surface area contributed by atoms with Gasteiger partial charge in [0.25, 0.3) is 0 Å². The molecule has 2 unspecified atom stereocenters. The van der Waals surface area contributed by atoms with E-state index in [-0.39, 0.29) is 12.5 Å². The molecule has 120 valence electrons. The number of carbonyl (C=O) groups excluding carboxylic acids is 1. The average molecular weight is 302 g/mol. The van der Waals surface area contributed by atoms with Crippen LogP contribution in [0.5, 0.6) is 0 Å². The molecule has 1 saturated carbocycles. The third-order valence-electron chi connectivity index (χ3n) is 3.67. The van der Waals surface area contributed by atoms with Gasteiger partial charge in [0.15, 0.2) is 12.2 Å². The van der Waals surface area contributed by atoms with Crippen molar-refractivity contribution in [1.29, 1.82) is 0 Å². The third-order valence-corrected chi connectivity index (χ3v) is 3.67. The highest BCUT2D eigenvalue weighted by Gasteiger charge is 2.32. The number of carboxylic acid groups (broad SMARTS) is 1. The number of aliphatic hydroxyl groups excluding tert-OH is 2. The first-order valence-corrected chi connectivity index (χ1v) is 6.93. The maximum atomic E-state index is 11.4. The zero-order valence-electron chi connectivity index (χ0n) is 11.8. The van der Waals surface area contributed by atoms with Crippen molar-refractivity contribution < 1.29 is 34.4 Å². The normalized spacial score (nSPS) is 24.7. The summed E-state index contributed by atoms with van der Waals surface area (Å²) in [5.41, 5.74) is 0. The monoisotopic (exact) mass is 302 g/mol.